The fourth-order valence-electron chi connectivity index (χ4n) is 3.45. The van der Waals surface area contributed by atoms with E-state index in [0.29, 0.717) is 6.61 Å². The average Bonchev–Trinajstić information content (AvgIpc) is 3.12. The van der Waals surface area contributed by atoms with E-state index in [1.165, 1.54) is 11.3 Å². The van der Waals surface area contributed by atoms with Crippen LogP contribution in [0.5, 0.6) is 5.75 Å². The van der Waals surface area contributed by atoms with Crippen molar-refractivity contribution in [2.45, 2.75) is 44.0 Å². The molecule has 136 valence electrons. The number of ether oxygens (including phenoxy) is 1. The summed E-state index contributed by atoms with van der Waals surface area (Å²) in [5.41, 5.74) is 3.04. The summed E-state index contributed by atoms with van der Waals surface area (Å²) >= 11 is 5.20. The molecule has 2 atom stereocenters. The highest BCUT2D eigenvalue weighted by molar-refractivity contribution is 9.09. The lowest BCUT2D eigenvalue weighted by molar-refractivity contribution is -0.683. The smallest absolute Gasteiger partial charge is 0.290 e. The molecule has 5 nitrogen and oxygen atoms in total. The zero-order chi connectivity index (χ0) is 18.4. The van der Waals surface area contributed by atoms with Gasteiger partial charge in [-0.3, -0.25) is 4.79 Å². The normalized spacial score (nSPS) is 21.0. The molecular formula is C19H21BrN3O2S+. The van der Waals surface area contributed by atoms with Crippen LogP contribution in [0.3, 0.4) is 0 Å². The number of thiazole rings is 1. The number of para-hydroxylation sites is 1. The Hall–Kier alpha value is -1.73. The van der Waals surface area contributed by atoms with Gasteiger partial charge in [-0.25, -0.2) is 0 Å². The third kappa shape index (κ3) is 2.87. The number of nitrogens with zero attached hydrogens (tertiary/aromatic N) is 2. The van der Waals surface area contributed by atoms with Crippen LogP contribution >= 0.6 is 27.3 Å². The Bertz CT molecular complexity index is 906. The van der Waals surface area contributed by atoms with Crippen LogP contribution in [0.25, 0.3) is 0 Å². The van der Waals surface area contributed by atoms with E-state index in [0.717, 1.165) is 39.0 Å². The van der Waals surface area contributed by atoms with Gasteiger partial charge in [0.2, 0.25) is 5.69 Å². The van der Waals surface area contributed by atoms with E-state index in [2.05, 4.69) is 40.2 Å². The lowest BCUT2D eigenvalue weighted by Crippen LogP contribution is -2.36. The Morgan fingerprint density at radius 2 is 2.19 bits per heavy atom. The fraction of sp³-hybridized carbons (Fsp3) is 0.421. The molecular weight excluding hydrogens is 414 g/mol. The predicted octanol–water partition coefficient (Wildman–Crippen LogP) is 4.09. The topological polar surface area (TPSA) is 54.6 Å². The minimum Gasteiger partial charge on any atom is -0.493 e. The number of aromatic nitrogens is 1. The van der Waals surface area contributed by atoms with Crippen LogP contribution in [0.2, 0.25) is 0 Å². The van der Waals surface area contributed by atoms with Crippen molar-refractivity contribution in [3.8, 4) is 5.75 Å². The summed E-state index contributed by atoms with van der Waals surface area (Å²) in [5, 5.41) is 8.91. The Morgan fingerprint density at radius 3 is 2.96 bits per heavy atom. The average molecular weight is 435 g/mol. The molecule has 0 saturated heterocycles. The summed E-state index contributed by atoms with van der Waals surface area (Å²) < 4.78 is 7.64. The van der Waals surface area contributed by atoms with Gasteiger partial charge in [0.05, 0.1) is 12.6 Å². The Morgan fingerprint density at radius 1 is 1.42 bits per heavy atom. The molecule has 2 aromatic rings. The molecule has 1 aromatic carbocycles. The summed E-state index contributed by atoms with van der Waals surface area (Å²) in [4.78, 5) is 14.0. The van der Waals surface area contributed by atoms with Gasteiger partial charge >= 0.3 is 0 Å². The van der Waals surface area contributed by atoms with E-state index < -0.39 is 0 Å². The molecule has 1 amide bonds. The van der Waals surface area contributed by atoms with Crippen molar-refractivity contribution in [2.24, 2.45) is 5.10 Å². The first-order chi connectivity index (χ1) is 12.5. The van der Waals surface area contributed by atoms with Gasteiger partial charge in [0.25, 0.3) is 10.9 Å². The summed E-state index contributed by atoms with van der Waals surface area (Å²) in [5.74, 6) is 1.03. The van der Waals surface area contributed by atoms with Crippen molar-refractivity contribution in [3.63, 3.8) is 0 Å². The van der Waals surface area contributed by atoms with Gasteiger partial charge in [0.1, 0.15) is 11.5 Å². The molecule has 0 saturated carbocycles. The summed E-state index contributed by atoms with van der Waals surface area (Å²) in [6.07, 6.45) is 0.774. The first-order valence-corrected chi connectivity index (χ1v) is 10.5. The van der Waals surface area contributed by atoms with Crippen molar-refractivity contribution in [1.29, 1.82) is 0 Å². The molecule has 0 spiro atoms. The molecule has 1 unspecified atom stereocenters. The quantitative estimate of drug-likeness (QED) is 0.584. The summed E-state index contributed by atoms with van der Waals surface area (Å²) in [7, 11) is 0. The number of hydrogen-bond acceptors (Lipinski definition) is 4. The van der Waals surface area contributed by atoms with E-state index in [1.54, 1.807) is 0 Å². The SMILES string of the molecule is CC1=N[n+]2c(sc(C(=O)N[C@H]3CCOc4ccccc43)c2C(C)C)C1Br. The first kappa shape index (κ1) is 17.7. The number of amides is 1. The van der Waals surface area contributed by atoms with E-state index >= 15 is 0 Å². The van der Waals surface area contributed by atoms with Gasteiger partial charge in [-0.1, -0.05) is 59.3 Å². The largest absolute Gasteiger partial charge is 0.493 e. The van der Waals surface area contributed by atoms with E-state index in [1.807, 2.05) is 35.9 Å². The lowest BCUT2D eigenvalue weighted by Gasteiger charge is -2.26. The molecule has 0 radical (unpaired) electrons. The minimum atomic E-state index is -0.0325. The molecule has 7 heteroatoms. The minimum absolute atomic E-state index is 0.0283. The van der Waals surface area contributed by atoms with E-state index in [4.69, 9.17) is 4.74 Å². The molecule has 3 heterocycles. The molecule has 0 bridgehead atoms. The maximum atomic E-state index is 13.1. The van der Waals surface area contributed by atoms with Crippen molar-refractivity contribution < 1.29 is 14.2 Å². The number of fused-ring (bicyclic) bond motifs is 2. The standard InChI is InChI=1S/C19H20BrN3O2S/c1-10(2)16-17(26-19-15(20)11(3)22-23(16)19)18(24)21-13-8-9-25-14-7-5-4-6-12(13)14/h4-7,10,13,15H,8-9H2,1-3H3/p+1/t13-,15?/m0/s1. The fourth-order valence-corrected chi connectivity index (χ4v) is 5.30. The second kappa shape index (κ2) is 6.78. The number of nitrogens with one attached hydrogen (secondary N) is 1. The Labute approximate surface area is 165 Å². The van der Waals surface area contributed by atoms with E-state index in [-0.39, 0.29) is 22.7 Å². The maximum absolute atomic E-state index is 13.1. The van der Waals surface area contributed by atoms with Crippen LogP contribution in [0.15, 0.2) is 29.4 Å². The van der Waals surface area contributed by atoms with Gasteiger partial charge < -0.3 is 10.1 Å². The zero-order valence-corrected chi connectivity index (χ0v) is 17.4. The molecule has 26 heavy (non-hydrogen) atoms. The monoisotopic (exact) mass is 434 g/mol. The van der Waals surface area contributed by atoms with Crippen LogP contribution in [0, 0.1) is 0 Å². The molecule has 0 aliphatic carbocycles. The Kier molecular flexibility index (Phi) is 4.61. The molecule has 2 aliphatic heterocycles. The highest BCUT2D eigenvalue weighted by Crippen LogP contribution is 2.36. The van der Waals surface area contributed by atoms with Crippen LogP contribution in [0.4, 0.5) is 0 Å². The van der Waals surface area contributed by atoms with Gasteiger partial charge in [-0.15, -0.1) is 0 Å². The lowest BCUT2D eigenvalue weighted by atomic mass is 10.0. The number of carbonyl (C=O) groups excluding carboxylic acids is 1. The third-order valence-electron chi connectivity index (χ3n) is 4.73. The number of halogens is 1. The summed E-state index contributed by atoms with van der Waals surface area (Å²) in [6.45, 7) is 6.81. The second-order valence-electron chi connectivity index (χ2n) is 6.93. The van der Waals surface area contributed by atoms with Gasteiger partial charge in [-0.2, -0.15) is 0 Å². The zero-order valence-electron chi connectivity index (χ0n) is 15.0. The predicted molar refractivity (Wildman–Crippen MR) is 106 cm³/mol. The number of benzene rings is 1. The van der Waals surface area contributed by atoms with Crippen molar-refractivity contribution in [2.75, 3.05) is 6.61 Å². The third-order valence-corrected chi connectivity index (χ3v) is 7.35. The van der Waals surface area contributed by atoms with Gasteiger partial charge in [-0.05, 0) is 22.8 Å². The van der Waals surface area contributed by atoms with Crippen molar-refractivity contribution in [3.05, 3.63) is 45.4 Å². The van der Waals surface area contributed by atoms with Crippen LogP contribution in [-0.2, 0) is 0 Å². The van der Waals surface area contributed by atoms with Crippen LogP contribution < -0.4 is 14.7 Å². The number of carbonyl (C=O) groups is 1. The maximum Gasteiger partial charge on any atom is 0.290 e. The van der Waals surface area contributed by atoms with Crippen LogP contribution in [-0.4, -0.2) is 18.2 Å². The van der Waals surface area contributed by atoms with Crippen LogP contribution in [0.1, 0.15) is 69.9 Å². The Balaban J connectivity index is 1.67. The summed E-state index contributed by atoms with van der Waals surface area (Å²) in [6, 6.07) is 7.88. The number of hydrogen-bond donors (Lipinski definition) is 1. The van der Waals surface area contributed by atoms with E-state index in [9.17, 15) is 4.79 Å². The number of alkyl halides is 1. The molecule has 4 rings (SSSR count). The molecule has 0 fully saturated rings. The molecule has 1 N–H and O–H groups in total. The van der Waals surface area contributed by atoms with Gasteiger partial charge in [0, 0.05) is 17.9 Å². The molecule has 2 aliphatic rings. The van der Waals surface area contributed by atoms with Crippen molar-refractivity contribution >= 4 is 38.9 Å². The second-order valence-corrected chi connectivity index (χ2v) is 8.87. The van der Waals surface area contributed by atoms with Crippen molar-refractivity contribution in [1.82, 2.24) is 5.32 Å². The first-order valence-electron chi connectivity index (χ1n) is 8.78. The van der Waals surface area contributed by atoms with Gasteiger partial charge in [0.15, 0.2) is 9.70 Å². The number of rotatable bonds is 3. The highest BCUT2D eigenvalue weighted by Gasteiger charge is 2.42. The molecule has 1 aromatic heterocycles. The highest BCUT2D eigenvalue weighted by atomic mass is 79.9.